The van der Waals surface area contributed by atoms with Crippen LogP contribution >= 0.6 is 15.9 Å². The third kappa shape index (κ3) is 2.08. The Morgan fingerprint density at radius 3 is 2.85 bits per heavy atom. The quantitative estimate of drug-likeness (QED) is 0.812. The molecule has 1 aliphatic heterocycles. The number of hydrogen-bond acceptors (Lipinski definition) is 2. The first kappa shape index (κ1) is 13.1. The Morgan fingerprint density at radius 2 is 2.05 bits per heavy atom. The summed E-state index contributed by atoms with van der Waals surface area (Å²) < 4.78 is 13.8. The first-order chi connectivity index (χ1) is 9.58. The smallest absolute Gasteiger partial charge is 0.259 e. The molecule has 2 aromatic rings. The van der Waals surface area contributed by atoms with Crippen LogP contribution in [0.4, 0.5) is 15.8 Å². The maximum atomic E-state index is 13.4. The Labute approximate surface area is 124 Å². The number of carbonyl (C=O) groups is 1. The van der Waals surface area contributed by atoms with Gasteiger partial charge in [0, 0.05) is 16.7 Å². The molecule has 5 heteroatoms. The molecule has 2 aromatic carbocycles. The number of para-hydroxylation sites is 1. The van der Waals surface area contributed by atoms with Crippen molar-refractivity contribution in [3.63, 3.8) is 0 Å². The molecule has 0 unspecified atom stereocenters. The molecule has 0 fully saturated rings. The van der Waals surface area contributed by atoms with E-state index in [1.807, 2.05) is 24.3 Å². The van der Waals surface area contributed by atoms with Crippen LogP contribution < -0.4 is 10.6 Å². The van der Waals surface area contributed by atoms with Gasteiger partial charge in [-0.15, -0.1) is 0 Å². The molecule has 0 aromatic heterocycles. The van der Waals surface area contributed by atoms with Crippen molar-refractivity contribution in [2.75, 3.05) is 17.2 Å². The van der Waals surface area contributed by atoms with Crippen LogP contribution in [0.15, 0.2) is 40.9 Å². The summed E-state index contributed by atoms with van der Waals surface area (Å²) in [6.45, 7) is 0.627. The Kier molecular flexibility index (Phi) is 3.22. The lowest BCUT2D eigenvalue weighted by Crippen LogP contribution is -2.29. The maximum absolute atomic E-state index is 13.4. The number of carbonyl (C=O) groups excluding carboxylic acids is 1. The molecule has 20 heavy (non-hydrogen) atoms. The molecule has 0 saturated heterocycles. The molecular formula is C15H12BrFN2O. The number of halogens is 2. The molecule has 1 amide bonds. The minimum absolute atomic E-state index is 0.0240. The van der Waals surface area contributed by atoms with Crippen molar-refractivity contribution in [2.45, 2.75) is 6.42 Å². The molecule has 0 radical (unpaired) electrons. The van der Waals surface area contributed by atoms with Crippen LogP contribution in [0.5, 0.6) is 0 Å². The van der Waals surface area contributed by atoms with Crippen molar-refractivity contribution < 1.29 is 9.18 Å². The van der Waals surface area contributed by atoms with Gasteiger partial charge < -0.3 is 10.6 Å². The molecule has 102 valence electrons. The van der Waals surface area contributed by atoms with Crippen molar-refractivity contribution in [3.8, 4) is 0 Å². The number of rotatable bonds is 1. The fraction of sp³-hybridized carbons (Fsp3) is 0.133. The van der Waals surface area contributed by atoms with Crippen LogP contribution in [0, 0.1) is 5.82 Å². The average molecular weight is 335 g/mol. The van der Waals surface area contributed by atoms with Crippen LogP contribution in [0.3, 0.4) is 0 Å². The van der Waals surface area contributed by atoms with E-state index in [1.54, 1.807) is 4.90 Å². The fourth-order valence-electron chi connectivity index (χ4n) is 2.42. The van der Waals surface area contributed by atoms with Gasteiger partial charge in [-0.3, -0.25) is 4.79 Å². The van der Waals surface area contributed by atoms with E-state index < -0.39 is 5.82 Å². The molecule has 3 rings (SSSR count). The van der Waals surface area contributed by atoms with E-state index >= 15 is 0 Å². The van der Waals surface area contributed by atoms with Gasteiger partial charge in [-0.1, -0.05) is 18.2 Å². The predicted octanol–water partition coefficient (Wildman–Crippen LogP) is 3.37. The summed E-state index contributed by atoms with van der Waals surface area (Å²) in [7, 11) is 0. The van der Waals surface area contributed by atoms with E-state index in [4.69, 9.17) is 5.73 Å². The van der Waals surface area contributed by atoms with Crippen LogP contribution in [0.1, 0.15) is 15.9 Å². The standard InChI is InChI=1S/C15H12BrFN2O/c16-11-8-12(17)13(18)7-10(11)15(20)19-6-5-9-3-1-2-4-14(9)19/h1-4,7-8H,5-6,18H2. The van der Waals surface area contributed by atoms with Crippen molar-refractivity contribution in [3.05, 3.63) is 57.8 Å². The van der Waals surface area contributed by atoms with Gasteiger partial charge in [-0.05, 0) is 46.1 Å². The molecular weight excluding hydrogens is 323 g/mol. The zero-order chi connectivity index (χ0) is 14.3. The Balaban J connectivity index is 2.01. The highest BCUT2D eigenvalue weighted by Gasteiger charge is 2.26. The third-order valence-corrected chi connectivity index (χ3v) is 4.11. The van der Waals surface area contributed by atoms with Gasteiger partial charge in [0.15, 0.2) is 0 Å². The molecule has 0 aliphatic carbocycles. The Bertz CT molecular complexity index is 702. The van der Waals surface area contributed by atoms with E-state index in [0.29, 0.717) is 16.6 Å². The topological polar surface area (TPSA) is 46.3 Å². The summed E-state index contributed by atoms with van der Waals surface area (Å²) in [4.78, 5) is 14.3. The first-order valence-electron chi connectivity index (χ1n) is 6.22. The number of amides is 1. The zero-order valence-electron chi connectivity index (χ0n) is 10.6. The van der Waals surface area contributed by atoms with Crippen LogP contribution in [-0.4, -0.2) is 12.5 Å². The van der Waals surface area contributed by atoms with Gasteiger partial charge in [-0.2, -0.15) is 0 Å². The Morgan fingerprint density at radius 1 is 1.30 bits per heavy atom. The van der Waals surface area contributed by atoms with E-state index in [9.17, 15) is 9.18 Å². The molecule has 1 heterocycles. The van der Waals surface area contributed by atoms with E-state index in [-0.39, 0.29) is 11.6 Å². The van der Waals surface area contributed by atoms with Crippen LogP contribution in [-0.2, 0) is 6.42 Å². The van der Waals surface area contributed by atoms with Gasteiger partial charge in [0.2, 0.25) is 0 Å². The highest BCUT2D eigenvalue weighted by molar-refractivity contribution is 9.10. The van der Waals surface area contributed by atoms with E-state index in [0.717, 1.165) is 17.7 Å². The Hall–Kier alpha value is -1.88. The third-order valence-electron chi connectivity index (χ3n) is 3.45. The molecule has 0 spiro atoms. The first-order valence-corrected chi connectivity index (χ1v) is 7.01. The number of nitrogen functional groups attached to an aromatic ring is 1. The van der Waals surface area contributed by atoms with Gasteiger partial charge >= 0.3 is 0 Å². The minimum atomic E-state index is -0.532. The molecule has 0 bridgehead atoms. The maximum Gasteiger partial charge on any atom is 0.259 e. The van der Waals surface area contributed by atoms with Gasteiger partial charge in [0.05, 0.1) is 11.3 Å². The summed E-state index contributed by atoms with van der Waals surface area (Å²) >= 11 is 3.23. The summed E-state index contributed by atoms with van der Waals surface area (Å²) in [6.07, 6.45) is 0.830. The molecule has 1 aliphatic rings. The second-order valence-electron chi connectivity index (χ2n) is 4.69. The second kappa shape index (κ2) is 4.90. The largest absolute Gasteiger partial charge is 0.396 e. The van der Waals surface area contributed by atoms with Gasteiger partial charge in [0.1, 0.15) is 5.82 Å². The predicted molar refractivity (Wildman–Crippen MR) is 80.3 cm³/mol. The van der Waals surface area contributed by atoms with Crippen LogP contribution in [0.25, 0.3) is 0 Å². The number of benzene rings is 2. The van der Waals surface area contributed by atoms with Crippen molar-refractivity contribution in [1.82, 2.24) is 0 Å². The highest BCUT2D eigenvalue weighted by atomic mass is 79.9. The second-order valence-corrected chi connectivity index (χ2v) is 5.54. The summed E-state index contributed by atoms with van der Waals surface area (Å²) in [5.74, 6) is -0.705. The van der Waals surface area contributed by atoms with Crippen LogP contribution in [0.2, 0.25) is 0 Å². The molecule has 0 saturated carbocycles. The highest BCUT2D eigenvalue weighted by Crippen LogP contribution is 2.31. The SMILES string of the molecule is Nc1cc(C(=O)N2CCc3ccccc32)c(Br)cc1F. The van der Waals surface area contributed by atoms with Crippen molar-refractivity contribution >= 4 is 33.2 Å². The number of nitrogens with two attached hydrogens (primary N) is 1. The average Bonchev–Trinajstić information content (AvgIpc) is 2.86. The van der Waals surface area contributed by atoms with Crippen molar-refractivity contribution in [1.29, 1.82) is 0 Å². The normalized spacial score (nSPS) is 13.4. The molecule has 3 nitrogen and oxygen atoms in total. The molecule has 0 atom stereocenters. The monoisotopic (exact) mass is 334 g/mol. The lowest BCUT2D eigenvalue weighted by atomic mass is 10.1. The zero-order valence-corrected chi connectivity index (χ0v) is 12.2. The number of fused-ring (bicyclic) bond motifs is 1. The van der Waals surface area contributed by atoms with Crippen molar-refractivity contribution in [2.24, 2.45) is 0 Å². The van der Waals surface area contributed by atoms with E-state index in [1.165, 1.54) is 12.1 Å². The minimum Gasteiger partial charge on any atom is -0.396 e. The summed E-state index contributed by atoms with van der Waals surface area (Å²) in [5, 5.41) is 0. The van der Waals surface area contributed by atoms with Gasteiger partial charge in [0.25, 0.3) is 5.91 Å². The lowest BCUT2D eigenvalue weighted by Gasteiger charge is -2.18. The number of nitrogens with zero attached hydrogens (tertiary/aromatic N) is 1. The number of anilines is 2. The van der Waals surface area contributed by atoms with Gasteiger partial charge in [-0.25, -0.2) is 4.39 Å². The summed E-state index contributed by atoms with van der Waals surface area (Å²) in [6, 6.07) is 10.4. The number of hydrogen-bond donors (Lipinski definition) is 1. The molecule has 2 N–H and O–H groups in total. The lowest BCUT2D eigenvalue weighted by molar-refractivity contribution is 0.0988. The summed E-state index contributed by atoms with van der Waals surface area (Å²) in [5.41, 5.74) is 7.96. The van der Waals surface area contributed by atoms with E-state index in [2.05, 4.69) is 15.9 Å². The fourth-order valence-corrected chi connectivity index (χ4v) is 2.91.